The molecule has 104 valence electrons. The molecule has 21 heavy (non-hydrogen) atoms. The van der Waals surface area contributed by atoms with Gasteiger partial charge < -0.3 is 5.73 Å². The summed E-state index contributed by atoms with van der Waals surface area (Å²) in [6.45, 7) is 0. The molecule has 5 heteroatoms. The number of aromatic nitrogens is 1. The molecule has 3 nitrogen and oxygen atoms in total. The van der Waals surface area contributed by atoms with E-state index in [2.05, 4.69) is 4.98 Å². The van der Waals surface area contributed by atoms with Crippen molar-refractivity contribution >= 4 is 28.8 Å². The van der Waals surface area contributed by atoms with Crippen LogP contribution in [0.2, 0.25) is 5.02 Å². The fourth-order valence-corrected chi connectivity index (χ4v) is 2.92. The van der Waals surface area contributed by atoms with Gasteiger partial charge in [-0.2, -0.15) is 0 Å². The normalized spacial score (nSPS) is 10.5. The van der Waals surface area contributed by atoms with Gasteiger partial charge in [0.05, 0.1) is 5.69 Å². The van der Waals surface area contributed by atoms with Crippen molar-refractivity contribution in [2.24, 2.45) is 5.73 Å². The molecule has 0 aliphatic rings. The summed E-state index contributed by atoms with van der Waals surface area (Å²) in [4.78, 5) is 15.8. The Bertz CT molecular complexity index is 796. The Labute approximate surface area is 131 Å². The van der Waals surface area contributed by atoms with E-state index in [1.165, 1.54) is 11.3 Å². The molecule has 1 aromatic heterocycles. The Hall–Kier alpha value is -2.17. The van der Waals surface area contributed by atoms with Gasteiger partial charge in [0, 0.05) is 27.1 Å². The highest BCUT2D eigenvalue weighted by Crippen LogP contribution is 2.29. The zero-order valence-electron chi connectivity index (χ0n) is 10.9. The van der Waals surface area contributed by atoms with Gasteiger partial charge >= 0.3 is 0 Å². The fraction of sp³-hybridized carbons (Fsp3) is 0. The highest BCUT2D eigenvalue weighted by Gasteiger charge is 2.08. The summed E-state index contributed by atoms with van der Waals surface area (Å²) in [5.74, 6) is -0.439. The predicted molar refractivity (Wildman–Crippen MR) is 86.5 cm³/mol. The van der Waals surface area contributed by atoms with Gasteiger partial charge in [0.1, 0.15) is 5.01 Å². The Kier molecular flexibility index (Phi) is 3.73. The molecular weight excluding hydrogens is 304 g/mol. The standard InChI is InChI=1S/C16H11ClN2OS/c17-13-6-4-10(5-7-13)14-9-21-16(19-14)12-3-1-2-11(8-12)15(18)20/h1-9H,(H2,18,20). The van der Waals surface area contributed by atoms with Gasteiger partial charge in [0.25, 0.3) is 0 Å². The molecule has 0 fully saturated rings. The average Bonchev–Trinajstić information content (AvgIpc) is 2.98. The second kappa shape index (κ2) is 5.68. The molecule has 1 heterocycles. The first-order valence-electron chi connectivity index (χ1n) is 6.25. The Morgan fingerprint density at radius 2 is 1.86 bits per heavy atom. The van der Waals surface area contributed by atoms with Crippen LogP contribution in [0.3, 0.4) is 0 Å². The van der Waals surface area contributed by atoms with Gasteiger partial charge in [-0.1, -0.05) is 35.9 Å². The van der Waals surface area contributed by atoms with E-state index >= 15 is 0 Å². The Morgan fingerprint density at radius 3 is 2.57 bits per heavy atom. The van der Waals surface area contributed by atoms with Crippen LogP contribution in [-0.4, -0.2) is 10.9 Å². The van der Waals surface area contributed by atoms with Crippen molar-refractivity contribution in [1.82, 2.24) is 4.98 Å². The number of hydrogen-bond donors (Lipinski definition) is 1. The minimum absolute atomic E-state index is 0.439. The third-order valence-corrected chi connectivity index (χ3v) is 4.18. The van der Waals surface area contributed by atoms with E-state index in [0.717, 1.165) is 21.8 Å². The Morgan fingerprint density at radius 1 is 1.10 bits per heavy atom. The smallest absolute Gasteiger partial charge is 0.248 e. The molecule has 0 unspecified atom stereocenters. The minimum Gasteiger partial charge on any atom is -0.366 e. The van der Waals surface area contributed by atoms with E-state index in [-0.39, 0.29) is 0 Å². The van der Waals surface area contributed by atoms with Crippen molar-refractivity contribution in [2.75, 3.05) is 0 Å². The summed E-state index contributed by atoms with van der Waals surface area (Å²) in [5, 5.41) is 3.53. The maximum Gasteiger partial charge on any atom is 0.248 e. The lowest BCUT2D eigenvalue weighted by Crippen LogP contribution is -2.10. The number of rotatable bonds is 3. The fourth-order valence-electron chi connectivity index (χ4n) is 1.97. The number of primary amides is 1. The quantitative estimate of drug-likeness (QED) is 0.786. The lowest BCUT2D eigenvalue weighted by Gasteiger charge is -1.99. The average molecular weight is 315 g/mol. The van der Waals surface area contributed by atoms with Crippen molar-refractivity contribution in [3.8, 4) is 21.8 Å². The highest BCUT2D eigenvalue weighted by molar-refractivity contribution is 7.13. The number of carbonyl (C=O) groups excluding carboxylic acids is 1. The molecule has 0 spiro atoms. The SMILES string of the molecule is NC(=O)c1cccc(-c2nc(-c3ccc(Cl)cc3)cs2)c1. The second-order valence-corrected chi connectivity index (χ2v) is 5.78. The van der Waals surface area contributed by atoms with Crippen molar-refractivity contribution in [1.29, 1.82) is 0 Å². The van der Waals surface area contributed by atoms with E-state index in [9.17, 15) is 4.79 Å². The van der Waals surface area contributed by atoms with E-state index in [1.54, 1.807) is 18.2 Å². The number of carbonyl (C=O) groups is 1. The first-order valence-corrected chi connectivity index (χ1v) is 7.51. The van der Waals surface area contributed by atoms with Crippen LogP contribution in [0, 0.1) is 0 Å². The van der Waals surface area contributed by atoms with Crippen molar-refractivity contribution in [2.45, 2.75) is 0 Å². The van der Waals surface area contributed by atoms with Crippen LogP contribution in [0.1, 0.15) is 10.4 Å². The summed E-state index contributed by atoms with van der Waals surface area (Å²) < 4.78 is 0. The molecule has 2 aromatic carbocycles. The molecule has 0 atom stereocenters. The molecule has 0 saturated heterocycles. The molecule has 0 radical (unpaired) electrons. The van der Waals surface area contributed by atoms with Crippen molar-refractivity contribution in [3.05, 3.63) is 64.5 Å². The van der Waals surface area contributed by atoms with Gasteiger partial charge in [-0.15, -0.1) is 11.3 Å². The van der Waals surface area contributed by atoms with Crippen LogP contribution in [0.5, 0.6) is 0 Å². The van der Waals surface area contributed by atoms with Crippen LogP contribution in [-0.2, 0) is 0 Å². The monoisotopic (exact) mass is 314 g/mol. The Balaban J connectivity index is 1.96. The molecule has 3 rings (SSSR count). The first kappa shape index (κ1) is 13.8. The minimum atomic E-state index is -0.439. The number of benzene rings is 2. The largest absolute Gasteiger partial charge is 0.366 e. The van der Waals surface area contributed by atoms with Crippen molar-refractivity contribution < 1.29 is 4.79 Å². The van der Waals surface area contributed by atoms with Gasteiger partial charge in [-0.25, -0.2) is 4.98 Å². The molecule has 1 amide bonds. The van der Waals surface area contributed by atoms with Gasteiger partial charge in [0.15, 0.2) is 0 Å². The summed E-state index contributed by atoms with van der Waals surface area (Å²) in [5.41, 5.74) is 8.56. The first-order chi connectivity index (χ1) is 10.1. The van der Waals surface area contributed by atoms with Gasteiger partial charge in [-0.05, 0) is 24.3 Å². The summed E-state index contributed by atoms with van der Waals surface area (Å²) >= 11 is 7.41. The number of amides is 1. The van der Waals surface area contributed by atoms with Crippen molar-refractivity contribution in [3.63, 3.8) is 0 Å². The van der Waals surface area contributed by atoms with Crippen LogP contribution in [0.4, 0.5) is 0 Å². The summed E-state index contributed by atoms with van der Waals surface area (Å²) in [6, 6.07) is 14.7. The molecule has 0 saturated carbocycles. The third kappa shape index (κ3) is 2.96. The molecule has 2 N–H and O–H groups in total. The lowest BCUT2D eigenvalue weighted by atomic mass is 10.1. The van der Waals surface area contributed by atoms with Crippen LogP contribution in [0.15, 0.2) is 53.9 Å². The van der Waals surface area contributed by atoms with Crippen LogP contribution in [0.25, 0.3) is 21.8 Å². The van der Waals surface area contributed by atoms with Gasteiger partial charge in [0.2, 0.25) is 5.91 Å². The second-order valence-electron chi connectivity index (χ2n) is 4.49. The number of halogens is 1. The number of thiazole rings is 1. The number of hydrogen-bond acceptors (Lipinski definition) is 3. The molecule has 0 aliphatic heterocycles. The van der Waals surface area contributed by atoms with Gasteiger partial charge in [-0.3, -0.25) is 4.79 Å². The summed E-state index contributed by atoms with van der Waals surface area (Å²) in [7, 11) is 0. The maximum absolute atomic E-state index is 11.2. The zero-order chi connectivity index (χ0) is 14.8. The van der Waals surface area contributed by atoms with E-state index in [1.807, 2.05) is 35.7 Å². The molecule has 3 aromatic rings. The van der Waals surface area contributed by atoms with Crippen LogP contribution >= 0.6 is 22.9 Å². The zero-order valence-corrected chi connectivity index (χ0v) is 12.5. The van der Waals surface area contributed by atoms with Crippen LogP contribution < -0.4 is 5.73 Å². The lowest BCUT2D eigenvalue weighted by molar-refractivity contribution is 0.100. The topological polar surface area (TPSA) is 56.0 Å². The van der Waals surface area contributed by atoms with E-state index < -0.39 is 5.91 Å². The van der Waals surface area contributed by atoms with E-state index in [4.69, 9.17) is 17.3 Å². The molecule has 0 bridgehead atoms. The number of nitrogens with zero attached hydrogens (tertiary/aromatic N) is 1. The number of nitrogens with two attached hydrogens (primary N) is 1. The molecule has 0 aliphatic carbocycles. The highest BCUT2D eigenvalue weighted by atomic mass is 35.5. The third-order valence-electron chi connectivity index (χ3n) is 3.04. The predicted octanol–water partition coefficient (Wildman–Crippen LogP) is 4.23. The summed E-state index contributed by atoms with van der Waals surface area (Å²) in [6.07, 6.45) is 0. The maximum atomic E-state index is 11.2. The van der Waals surface area contributed by atoms with E-state index in [0.29, 0.717) is 10.6 Å². The molecular formula is C16H11ClN2OS.